The number of nitrogens with one attached hydrogen (secondary N) is 1. The van der Waals surface area contributed by atoms with Crippen LogP contribution in [0.4, 0.5) is 4.79 Å². The number of hydrogen-bond donors (Lipinski definition) is 1. The van der Waals surface area contributed by atoms with Crippen molar-refractivity contribution in [3.05, 3.63) is 54.4 Å². The number of carbonyl (C=O) groups is 2. The van der Waals surface area contributed by atoms with E-state index in [1.165, 1.54) is 0 Å². The van der Waals surface area contributed by atoms with Crippen LogP contribution >= 0.6 is 0 Å². The van der Waals surface area contributed by atoms with Crippen molar-refractivity contribution in [3.63, 3.8) is 0 Å². The predicted molar refractivity (Wildman–Crippen MR) is 81.0 cm³/mol. The second-order valence-corrected chi connectivity index (χ2v) is 5.21. The molecule has 1 aliphatic carbocycles. The topological polar surface area (TPSA) is 68.3 Å². The third kappa shape index (κ3) is 3.31. The number of amides is 1. The van der Waals surface area contributed by atoms with Crippen molar-refractivity contribution < 1.29 is 14.3 Å². The molecule has 0 saturated heterocycles. The molecule has 1 aliphatic rings. The highest BCUT2D eigenvalue weighted by Gasteiger charge is 2.29. The van der Waals surface area contributed by atoms with E-state index < -0.39 is 6.09 Å². The standard InChI is InChI=1S/C17H16N2O3/c20-16-6-5-15(16)19-17(21)22-11-12-1-3-13(4-2-12)14-7-9-18-10-8-14/h1-4,7-10,15H,5-6,11H2,(H,19,21)/t15-/m0/s1. The van der Waals surface area contributed by atoms with Crippen molar-refractivity contribution in [1.82, 2.24) is 10.3 Å². The summed E-state index contributed by atoms with van der Waals surface area (Å²) in [6.45, 7) is 0.184. The van der Waals surface area contributed by atoms with Crippen LogP contribution in [0.5, 0.6) is 0 Å². The number of carbonyl (C=O) groups excluding carboxylic acids is 2. The van der Waals surface area contributed by atoms with E-state index in [2.05, 4.69) is 10.3 Å². The lowest BCUT2D eigenvalue weighted by molar-refractivity contribution is -0.126. The Hall–Kier alpha value is -2.69. The van der Waals surface area contributed by atoms with Crippen molar-refractivity contribution in [2.45, 2.75) is 25.5 Å². The molecule has 2 aromatic rings. The van der Waals surface area contributed by atoms with Gasteiger partial charge < -0.3 is 10.1 Å². The van der Waals surface area contributed by atoms with Gasteiger partial charge in [-0.15, -0.1) is 0 Å². The van der Waals surface area contributed by atoms with E-state index in [4.69, 9.17) is 4.74 Å². The molecule has 112 valence electrons. The lowest BCUT2D eigenvalue weighted by atomic mass is 9.91. The van der Waals surface area contributed by atoms with Gasteiger partial charge in [-0.25, -0.2) is 4.79 Å². The van der Waals surface area contributed by atoms with Gasteiger partial charge in [0.2, 0.25) is 0 Å². The van der Waals surface area contributed by atoms with Crippen molar-refractivity contribution in [1.29, 1.82) is 0 Å². The van der Waals surface area contributed by atoms with Gasteiger partial charge in [-0.1, -0.05) is 24.3 Å². The van der Waals surface area contributed by atoms with E-state index in [-0.39, 0.29) is 18.4 Å². The maximum atomic E-state index is 11.6. The summed E-state index contributed by atoms with van der Waals surface area (Å²) in [6, 6.07) is 11.3. The number of benzene rings is 1. The second-order valence-electron chi connectivity index (χ2n) is 5.21. The summed E-state index contributed by atoms with van der Waals surface area (Å²) < 4.78 is 5.12. The lowest BCUT2D eigenvalue weighted by Gasteiger charge is -2.24. The molecule has 5 nitrogen and oxygen atoms in total. The zero-order chi connectivity index (χ0) is 15.4. The summed E-state index contributed by atoms with van der Waals surface area (Å²) in [4.78, 5) is 26.7. The molecule has 1 aromatic heterocycles. The molecule has 0 unspecified atom stereocenters. The van der Waals surface area contributed by atoms with Crippen molar-refractivity contribution in [2.75, 3.05) is 0 Å². The van der Waals surface area contributed by atoms with Gasteiger partial charge in [0.25, 0.3) is 0 Å². The monoisotopic (exact) mass is 296 g/mol. The molecule has 1 fully saturated rings. The molecule has 1 amide bonds. The van der Waals surface area contributed by atoms with Crippen LogP contribution in [0.2, 0.25) is 0 Å². The van der Waals surface area contributed by atoms with E-state index in [9.17, 15) is 9.59 Å². The van der Waals surface area contributed by atoms with Gasteiger partial charge in [0.1, 0.15) is 6.61 Å². The molecule has 0 spiro atoms. The fourth-order valence-corrected chi connectivity index (χ4v) is 2.23. The average Bonchev–Trinajstić information content (AvgIpc) is 2.58. The lowest BCUT2D eigenvalue weighted by Crippen LogP contribution is -2.47. The molecular weight excluding hydrogens is 280 g/mol. The van der Waals surface area contributed by atoms with Crippen LogP contribution in [0.1, 0.15) is 18.4 Å². The minimum absolute atomic E-state index is 0.0682. The number of alkyl carbamates (subject to hydrolysis) is 1. The highest BCUT2D eigenvalue weighted by molar-refractivity contribution is 5.92. The SMILES string of the molecule is O=C(N[C@H]1CCC1=O)OCc1ccc(-c2ccncc2)cc1. The molecular formula is C17H16N2O3. The number of nitrogens with zero attached hydrogens (tertiary/aromatic N) is 1. The summed E-state index contributed by atoms with van der Waals surface area (Å²) in [6.07, 6.45) is 4.20. The third-order valence-electron chi connectivity index (χ3n) is 3.70. The van der Waals surface area contributed by atoms with Crippen LogP contribution in [0.15, 0.2) is 48.8 Å². The van der Waals surface area contributed by atoms with Crippen LogP contribution in [0.25, 0.3) is 11.1 Å². The quantitative estimate of drug-likeness (QED) is 0.942. The highest BCUT2D eigenvalue weighted by atomic mass is 16.5. The number of rotatable bonds is 4. The number of pyridine rings is 1. The first-order valence-corrected chi connectivity index (χ1v) is 7.18. The van der Waals surface area contributed by atoms with Gasteiger partial charge >= 0.3 is 6.09 Å². The fourth-order valence-electron chi connectivity index (χ4n) is 2.23. The second kappa shape index (κ2) is 6.39. The first-order chi connectivity index (χ1) is 10.7. The zero-order valence-corrected chi connectivity index (χ0v) is 12.0. The number of aromatic nitrogens is 1. The summed E-state index contributed by atoms with van der Waals surface area (Å²) >= 11 is 0. The normalized spacial score (nSPS) is 16.7. The van der Waals surface area contributed by atoms with Gasteiger partial charge in [-0.3, -0.25) is 9.78 Å². The van der Waals surface area contributed by atoms with E-state index in [0.29, 0.717) is 12.8 Å². The molecule has 5 heteroatoms. The molecule has 0 radical (unpaired) electrons. The number of ether oxygens (including phenoxy) is 1. The summed E-state index contributed by atoms with van der Waals surface area (Å²) in [7, 11) is 0. The Morgan fingerprint density at radius 1 is 1.14 bits per heavy atom. The van der Waals surface area contributed by atoms with Crippen LogP contribution in [-0.4, -0.2) is 22.9 Å². The molecule has 22 heavy (non-hydrogen) atoms. The maximum absolute atomic E-state index is 11.6. The molecule has 0 aliphatic heterocycles. The Morgan fingerprint density at radius 3 is 2.41 bits per heavy atom. The Balaban J connectivity index is 1.53. The van der Waals surface area contributed by atoms with Gasteiger partial charge in [-0.2, -0.15) is 0 Å². The number of hydrogen-bond acceptors (Lipinski definition) is 4. The van der Waals surface area contributed by atoms with Crippen LogP contribution < -0.4 is 5.32 Å². The third-order valence-corrected chi connectivity index (χ3v) is 3.70. The largest absolute Gasteiger partial charge is 0.445 e. The molecule has 1 N–H and O–H groups in total. The van der Waals surface area contributed by atoms with Gasteiger partial charge in [0.05, 0.1) is 6.04 Å². The van der Waals surface area contributed by atoms with E-state index >= 15 is 0 Å². The molecule has 1 atom stereocenters. The first kappa shape index (κ1) is 14.3. The first-order valence-electron chi connectivity index (χ1n) is 7.18. The summed E-state index contributed by atoms with van der Waals surface area (Å²) in [5.41, 5.74) is 3.06. The van der Waals surface area contributed by atoms with E-state index in [0.717, 1.165) is 16.7 Å². The Bertz CT molecular complexity index is 668. The van der Waals surface area contributed by atoms with Crippen LogP contribution in [0, 0.1) is 0 Å². The fraction of sp³-hybridized carbons (Fsp3) is 0.235. The Kier molecular flexibility index (Phi) is 4.14. The highest BCUT2D eigenvalue weighted by Crippen LogP contribution is 2.19. The van der Waals surface area contributed by atoms with Crippen LogP contribution in [-0.2, 0) is 16.1 Å². The van der Waals surface area contributed by atoms with Gasteiger partial charge in [-0.05, 0) is 35.2 Å². The summed E-state index contributed by atoms with van der Waals surface area (Å²) in [5, 5.41) is 2.56. The minimum atomic E-state index is -0.545. The van der Waals surface area contributed by atoms with Gasteiger partial charge in [0, 0.05) is 18.8 Å². The predicted octanol–water partition coefficient (Wildman–Crippen LogP) is 2.71. The Labute approximate surface area is 128 Å². The van der Waals surface area contributed by atoms with Crippen LogP contribution in [0.3, 0.4) is 0 Å². The molecule has 1 heterocycles. The van der Waals surface area contributed by atoms with Crippen molar-refractivity contribution in [3.8, 4) is 11.1 Å². The van der Waals surface area contributed by atoms with E-state index in [1.54, 1.807) is 12.4 Å². The Morgan fingerprint density at radius 2 is 1.82 bits per heavy atom. The molecule has 3 rings (SSSR count). The van der Waals surface area contributed by atoms with E-state index in [1.807, 2.05) is 36.4 Å². The van der Waals surface area contributed by atoms with Gasteiger partial charge in [0.15, 0.2) is 5.78 Å². The molecule has 1 aromatic carbocycles. The van der Waals surface area contributed by atoms with Crippen molar-refractivity contribution in [2.24, 2.45) is 0 Å². The number of ketones is 1. The zero-order valence-electron chi connectivity index (χ0n) is 12.0. The molecule has 0 bridgehead atoms. The molecule has 1 saturated carbocycles. The average molecular weight is 296 g/mol. The smallest absolute Gasteiger partial charge is 0.408 e. The minimum Gasteiger partial charge on any atom is -0.445 e. The summed E-state index contributed by atoms with van der Waals surface area (Å²) in [5.74, 6) is 0.0682. The van der Waals surface area contributed by atoms with Crippen molar-refractivity contribution >= 4 is 11.9 Å². The maximum Gasteiger partial charge on any atom is 0.408 e. The number of Topliss-reactive ketones (excluding diaryl/α,β-unsaturated/α-hetero) is 1.